The van der Waals surface area contributed by atoms with Gasteiger partial charge in [0.05, 0.1) is 5.69 Å². The molecule has 1 nitrogen and oxygen atoms in total. The van der Waals surface area contributed by atoms with Crippen molar-refractivity contribution in [2.75, 3.05) is 4.90 Å². The van der Waals surface area contributed by atoms with Crippen LogP contribution in [0.3, 0.4) is 0 Å². The molecule has 1 heteroatoms. The Balaban J connectivity index is 1.26. The third kappa shape index (κ3) is 5.43. The van der Waals surface area contributed by atoms with Crippen LogP contribution in [0.4, 0.5) is 17.1 Å². The van der Waals surface area contributed by atoms with E-state index in [9.17, 15) is 0 Å². The maximum absolute atomic E-state index is 2.43. The van der Waals surface area contributed by atoms with Crippen LogP contribution in [0.15, 0.2) is 200 Å². The molecule has 0 N–H and O–H groups in total. The molecule has 52 heavy (non-hydrogen) atoms. The summed E-state index contributed by atoms with van der Waals surface area (Å²) in [6.45, 7) is 4.68. The molecule has 8 aromatic carbocycles. The van der Waals surface area contributed by atoms with Gasteiger partial charge in [-0.25, -0.2) is 0 Å². The molecular formula is C51H39N. The highest BCUT2D eigenvalue weighted by molar-refractivity contribution is 6.01. The van der Waals surface area contributed by atoms with Crippen molar-refractivity contribution in [3.63, 3.8) is 0 Å². The molecule has 0 radical (unpaired) electrons. The first-order valence-electron chi connectivity index (χ1n) is 18.1. The fourth-order valence-electron chi connectivity index (χ4n) is 8.17. The topological polar surface area (TPSA) is 3.24 Å². The van der Waals surface area contributed by atoms with Crippen LogP contribution in [0.25, 0.3) is 55.6 Å². The monoisotopic (exact) mass is 665 g/mol. The Labute approximate surface area is 307 Å². The van der Waals surface area contributed by atoms with Crippen molar-refractivity contribution in [3.05, 3.63) is 211 Å². The Hall–Kier alpha value is -6.44. The first-order chi connectivity index (χ1) is 25.6. The summed E-state index contributed by atoms with van der Waals surface area (Å²) in [6.07, 6.45) is 0. The second-order valence-electron chi connectivity index (χ2n) is 14.1. The fraction of sp³-hybridized carbons (Fsp3) is 0.0588. The van der Waals surface area contributed by atoms with Crippen molar-refractivity contribution in [1.29, 1.82) is 0 Å². The van der Waals surface area contributed by atoms with E-state index >= 15 is 0 Å². The van der Waals surface area contributed by atoms with E-state index in [0.717, 1.165) is 17.1 Å². The minimum absolute atomic E-state index is 0.0212. The lowest BCUT2D eigenvalue weighted by Gasteiger charge is -2.30. The number of hydrogen-bond acceptors (Lipinski definition) is 1. The summed E-state index contributed by atoms with van der Waals surface area (Å²) < 4.78 is 0. The van der Waals surface area contributed by atoms with E-state index in [0.29, 0.717) is 0 Å². The van der Waals surface area contributed by atoms with Crippen molar-refractivity contribution in [2.45, 2.75) is 19.3 Å². The van der Waals surface area contributed by atoms with Crippen molar-refractivity contribution in [2.24, 2.45) is 0 Å². The van der Waals surface area contributed by atoms with Gasteiger partial charge in [-0.15, -0.1) is 0 Å². The Kier molecular flexibility index (Phi) is 7.90. The summed E-state index contributed by atoms with van der Waals surface area (Å²) in [6, 6.07) is 72.8. The van der Waals surface area contributed by atoms with Crippen LogP contribution in [0.5, 0.6) is 0 Å². The van der Waals surface area contributed by atoms with Gasteiger partial charge in [0.25, 0.3) is 0 Å². The van der Waals surface area contributed by atoms with Crippen molar-refractivity contribution < 1.29 is 0 Å². The first kappa shape index (κ1) is 31.5. The van der Waals surface area contributed by atoms with Crippen molar-refractivity contribution >= 4 is 17.1 Å². The van der Waals surface area contributed by atoms with Gasteiger partial charge in [-0.05, 0) is 97.6 Å². The number of fused-ring (bicyclic) bond motifs is 3. The number of hydrogen-bond donors (Lipinski definition) is 0. The predicted octanol–water partition coefficient (Wildman–Crippen LogP) is 14.1. The molecule has 0 spiro atoms. The molecule has 0 heterocycles. The normalized spacial score (nSPS) is 12.6. The van der Waals surface area contributed by atoms with Gasteiger partial charge in [0, 0.05) is 22.4 Å². The van der Waals surface area contributed by atoms with Gasteiger partial charge >= 0.3 is 0 Å². The van der Waals surface area contributed by atoms with Gasteiger partial charge in [0.1, 0.15) is 0 Å². The summed E-state index contributed by atoms with van der Waals surface area (Å²) in [4.78, 5) is 2.43. The van der Waals surface area contributed by atoms with Crippen LogP contribution >= 0.6 is 0 Å². The third-order valence-corrected chi connectivity index (χ3v) is 10.7. The fourth-order valence-corrected chi connectivity index (χ4v) is 8.17. The van der Waals surface area contributed by atoms with Gasteiger partial charge in [0.2, 0.25) is 0 Å². The minimum Gasteiger partial charge on any atom is -0.310 e. The predicted molar refractivity (Wildman–Crippen MR) is 220 cm³/mol. The SMILES string of the molecule is CC1(C)c2ccccc2-c2cc(-c3cccc(N(c4ccccc4)c4cccc(-c5ccccc5)c4-c4ccccc4-c4ccccc4)c3)ccc21. The summed E-state index contributed by atoms with van der Waals surface area (Å²) in [5, 5.41) is 0. The largest absolute Gasteiger partial charge is 0.310 e. The molecule has 0 aromatic heterocycles. The molecule has 1 aliphatic carbocycles. The number of benzene rings is 8. The smallest absolute Gasteiger partial charge is 0.0546 e. The quantitative estimate of drug-likeness (QED) is 0.164. The van der Waals surface area contributed by atoms with Gasteiger partial charge in [-0.1, -0.05) is 178 Å². The van der Waals surface area contributed by atoms with Crippen LogP contribution < -0.4 is 4.90 Å². The molecule has 8 aromatic rings. The summed E-state index contributed by atoms with van der Waals surface area (Å²) in [7, 11) is 0. The maximum Gasteiger partial charge on any atom is 0.0546 e. The molecule has 0 aliphatic heterocycles. The highest BCUT2D eigenvalue weighted by atomic mass is 15.1. The average molecular weight is 666 g/mol. The van der Waals surface area contributed by atoms with Crippen LogP contribution in [0.2, 0.25) is 0 Å². The molecule has 9 rings (SSSR count). The Morgan fingerprint density at radius 3 is 1.56 bits per heavy atom. The van der Waals surface area contributed by atoms with Crippen LogP contribution in [0, 0.1) is 0 Å². The second-order valence-corrected chi connectivity index (χ2v) is 14.1. The van der Waals surface area contributed by atoms with Crippen LogP contribution in [-0.2, 0) is 5.41 Å². The third-order valence-electron chi connectivity index (χ3n) is 10.7. The van der Waals surface area contributed by atoms with Gasteiger partial charge in [0.15, 0.2) is 0 Å². The molecule has 0 bridgehead atoms. The summed E-state index contributed by atoms with van der Waals surface area (Å²) >= 11 is 0. The number of rotatable bonds is 7. The molecule has 1 aliphatic rings. The van der Waals surface area contributed by atoms with E-state index in [1.54, 1.807) is 0 Å². The Morgan fingerprint density at radius 1 is 0.327 bits per heavy atom. The molecule has 0 atom stereocenters. The zero-order chi connectivity index (χ0) is 35.1. The molecule has 248 valence electrons. The Bertz CT molecular complexity index is 2530. The van der Waals surface area contributed by atoms with E-state index in [1.807, 2.05) is 0 Å². The highest BCUT2D eigenvalue weighted by Gasteiger charge is 2.35. The molecule has 0 amide bonds. The first-order valence-corrected chi connectivity index (χ1v) is 18.1. The van der Waals surface area contributed by atoms with Gasteiger partial charge < -0.3 is 4.90 Å². The van der Waals surface area contributed by atoms with Crippen LogP contribution in [0.1, 0.15) is 25.0 Å². The molecule has 0 saturated heterocycles. The second kappa shape index (κ2) is 13.0. The van der Waals surface area contributed by atoms with Gasteiger partial charge in [-0.3, -0.25) is 0 Å². The highest BCUT2D eigenvalue weighted by Crippen LogP contribution is 2.51. The van der Waals surface area contributed by atoms with Crippen molar-refractivity contribution in [1.82, 2.24) is 0 Å². The number of anilines is 3. The van der Waals surface area contributed by atoms with Crippen LogP contribution in [-0.4, -0.2) is 0 Å². The zero-order valence-electron chi connectivity index (χ0n) is 29.5. The van der Waals surface area contributed by atoms with E-state index in [-0.39, 0.29) is 5.41 Å². The van der Waals surface area contributed by atoms with E-state index in [4.69, 9.17) is 0 Å². The van der Waals surface area contributed by atoms with E-state index in [2.05, 4.69) is 219 Å². The lowest BCUT2D eigenvalue weighted by atomic mass is 9.82. The van der Waals surface area contributed by atoms with E-state index < -0.39 is 0 Å². The molecule has 0 fully saturated rings. The van der Waals surface area contributed by atoms with Crippen molar-refractivity contribution in [3.8, 4) is 55.6 Å². The summed E-state index contributed by atoms with van der Waals surface area (Å²) in [5.74, 6) is 0. The molecular weight excluding hydrogens is 627 g/mol. The summed E-state index contributed by atoms with van der Waals surface area (Å²) in [5.41, 5.74) is 18.3. The lowest BCUT2D eigenvalue weighted by Crippen LogP contribution is -2.14. The minimum atomic E-state index is -0.0212. The maximum atomic E-state index is 2.43. The number of para-hydroxylation sites is 1. The molecule has 0 unspecified atom stereocenters. The molecule has 0 saturated carbocycles. The standard InChI is InChI=1S/C51H39N/c1-51(2)47-30-15-14-27-44(47)46-35-39(32-33-48(46)51)38-22-16-25-41(34-38)52(40-23-10-5-11-24-40)49-31-17-29-43(37-20-8-4-9-21-37)50(49)45-28-13-12-26-42(45)36-18-6-3-7-19-36/h3-35H,1-2H3. The average Bonchev–Trinajstić information content (AvgIpc) is 3.44. The number of nitrogens with zero attached hydrogens (tertiary/aromatic N) is 1. The zero-order valence-corrected chi connectivity index (χ0v) is 29.5. The Morgan fingerprint density at radius 2 is 0.827 bits per heavy atom. The van der Waals surface area contributed by atoms with Gasteiger partial charge in [-0.2, -0.15) is 0 Å². The van der Waals surface area contributed by atoms with E-state index in [1.165, 1.54) is 66.8 Å². The lowest BCUT2D eigenvalue weighted by molar-refractivity contribution is 0.660.